The van der Waals surface area contributed by atoms with Crippen LogP contribution < -0.4 is 10.5 Å². The van der Waals surface area contributed by atoms with Crippen LogP contribution in [0.3, 0.4) is 0 Å². The van der Waals surface area contributed by atoms with Crippen LogP contribution in [-0.4, -0.2) is 7.11 Å². The fraction of sp³-hybridized carbons (Fsp3) is 0.333. The van der Waals surface area contributed by atoms with Gasteiger partial charge in [0, 0.05) is 6.04 Å². The Balaban J connectivity index is 2.90. The highest BCUT2D eigenvalue weighted by Gasteiger charge is 2.09. The molecule has 0 aliphatic rings. The van der Waals surface area contributed by atoms with E-state index in [0.29, 0.717) is 6.42 Å². The molecule has 0 aliphatic heterocycles. The zero-order valence-electron chi connectivity index (χ0n) is 9.09. The van der Waals surface area contributed by atoms with Gasteiger partial charge in [0.25, 0.3) is 0 Å². The summed E-state index contributed by atoms with van der Waals surface area (Å²) in [5.41, 5.74) is 7.79. The first kappa shape index (κ1) is 11.7. The van der Waals surface area contributed by atoms with Crippen molar-refractivity contribution in [1.29, 1.82) is 0 Å². The average molecular weight is 209 g/mol. The monoisotopic (exact) mass is 209 g/mol. The van der Waals surface area contributed by atoms with Crippen LogP contribution in [0.15, 0.2) is 30.4 Å². The van der Waals surface area contributed by atoms with E-state index in [9.17, 15) is 4.39 Å². The average Bonchev–Trinajstić information content (AvgIpc) is 2.17. The smallest absolute Gasteiger partial charge is 0.165 e. The van der Waals surface area contributed by atoms with Crippen molar-refractivity contribution in [3.05, 3.63) is 41.7 Å². The Morgan fingerprint density at radius 2 is 2.27 bits per heavy atom. The molecule has 0 saturated carbocycles. The van der Waals surface area contributed by atoms with Gasteiger partial charge in [0.2, 0.25) is 0 Å². The molecule has 0 spiro atoms. The lowest BCUT2D eigenvalue weighted by Gasteiger charge is -2.13. The maximum atomic E-state index is 13.1. The summed E-state index contributed by atoms with van der Waals surface area (Å²) in [4.78, 5) is 0. The van der Waals surface area contributed by atoms with E-state index >= 15 is 0 Å². The molecule has 0 bridgehead atoms. The standard InChI is InChI=1S/C12H16FNO/c1-8(2)6-11(14)9-4-5-10(13)12(7-9)15-3/h4-5,7,11H,1,6,14H2,2-3H3. The van der Waals surface area contributed by atoms with Crippen molar-refractivity contribution in [3.8, 4) is 5.75 Å². The molecule has 1 atom stereocenters. The highest BCUT2D eigenvalue weighted by Crippen LogP contribution is 2.24. The SMILES string of the molecule is C=C(C)CC(N)c1ccc(F)c(OC)c1. The molecular formula is C12H16FNO. The van der Waals surface area contributed by atoms with Crippen LogP contribution in [0.4, 0.5) is 4.39 Å². The largest absolute Gasteiger partial charge is 0.494 e. The zero-order valence-corrected chi connectivity index (χ0v) is 9.09. The van der Waals surface area contributed by atoms with E-state index in [1.807, 2.05) is 6.92 Å². The molecule has 82 valence electrons. The van der Waals surface area contributed by atoms with E-state index in [-0.39, 0.29) is 17.6 Å². The van der Waals surface area contributed by atoms with Gasteiger partial charge in [-0.25, -0.2) is 4.39 Å². The zero-order chi connectivity index (χ0) is 11.4. The van der Waals surface area contributed by atoms with Gasteiger partial charge in [-0.15, -0.1) is 6.58 Å². The second kappa shape index (κ2) is 4.94. The Morgan fingerprint density at radius 1 is 1.60 bits per heavy atom. The van der Waals surface area contributed by atoms with E-state index in [2.05, 4.69) is 6.58 Å². The Kier molecular flexibility index (Phi) is 3.86. The minimum absolute atomic E-state index is 0.156. The van der Waals surface area contributed by atoms with Crippen molar-refractivity contribution < 1.29 is 9.13 Å². The van der Waals surface area contributed by atoms with Crippen molar-refractivity contribution in [2.75, 3.05) is 7.11 Å². The maximum Gasteiger partial charge on any atom is 0.165 e. The first-order chi connectivity index (χ1) is 7.04. The summed E-state index contributed by atoms with van der Waals surface area (Å²) >= 11 is 0. The molecule has 1 unspecified atom stereocenters. The lowest BCUT2D eigenvalue weighted by Crippen LogP contribution is -2.10. The van der Waals surface area contributed by atoms with Crippen LogP contribution in [0.2, 0.25) is 0 Å². The molecule has 0 amide bonds. The summed E-state index contributed by atoms with van der Waals surface area (Å²) in [7, 11) is 1.44. The lowest BCUT2D eigenvalue weighted by molar-refractivity contribution is 0.385. The summed E-state index contributed by atoms with van der Waals surface area (Å²) in [6.45, 7) is 5.71. The topological polar surface area (TPSA) is 35.2 Å². The number of methoxy groups -OCH3 is 1. The third kappa shape index (κ3) is 3.06. The van der Waals surface area contributed by atoms with Crippen LogP contribution >= 0.6 is 0 Å². The minimum Gasteiger partial charge on any atom is -0.494 e. The molecule has 1 aromatic carbocycles. The Hall–Kier alpha value is -1.35. The predicted octanol–water partition coefficient (Wildman–Crippen LogP) is 2.80. The number of halogens is 1. The molecule has 0 saturated heterocycles. The lowest BCUT2D eigenvalue weighted by atomic mass is 10.0. The van der Waals surface area contributed by atoms with Gasteiger partial charge < -0.3 is 10.5 Å². The van der Waals surface area contributed by atoms with Crippen LogP contribution in [0.25, 0.3) is 0 Å². The van der Waals surface area contributed by atoms with E-state index in [1.54, 1.807) is 12.1 Å². The van der Waals surface area contributed by atoms with Crippen LogP contribution in [0.1, 0.15) is 24.9 Å². The van der Waals surface area contributed by atoms with Crippen molar-refractivity contribution in [3.63, 3.8) is 0 Å². The maximum absolute atomic E-state index is 13.1. The predicted molar refractivity (Wildman–Crippen MR) is 59.3 cm³/mol. The fourth-order valence-corrected chi connectivity index (χ4v) is 1.40. The molecule has 15 heavy (non-hydrogen) atoms. The summed E-state index contributed by atoms with van der Waals surface area (Å²) in [6, 6.07) is 4.51. The third-order valence-corrected chi connectivity index (χ3v) is 2.17. The third-order valence-electron chi connectivity index (χ3n) is 2.17. The van der Waals surface area contributed by atoms with Crippen molar-refractivity contribution in [2.24, 2.45) is 5.73 Å². The van der Waals surface area contributed by atoms with Crippen molar-refractivity contribution in [2.45, 2.75) is 19.4 Å². The number of nitrogens with two attached hydrogens (primary N) is 1. The Bertz CT molecular complexity index is 363. The van der Waals surface area contributed by atoms with E-state index in [1.165, 1.54) is 13.2 Å². The van der Waals surface area contributed by atoms with Crippen LogP contribution in [-0.2, 0) is 0 Å². The summed E-state index contributed by atoms with van der Waals surface area (Å²) in [5.74, 6) is -0.145. The first-order valence-corrected chi connectivity index (χ1v) is 4.78. The molecular weight excluding hydrogens is 193 g/mol. The second-order valence-electron chi connectivity index (χ2n) is 3.66. The number of ether oxygens (including phenoxy) is 1. The van der Waals surface area contributed by atoms with Gasteiger partial charge in [-0.05, 0) is 31.0 Å². The van der Waals surface area contributed by atoms with Gasteiger partial charge in [-0.1, -0.05) is 11.6 Å². The molecule has 2 nitrogen and oxygen atoms in total. The summed E-state index contributed by atoms with van der Waals surface area (Å²) < 4.78 is 18.0. The number of benzene rings is 1. The van der Waals surface area contributed by atoms with Crippen molar-refractivity contribution >= 4 is 0 Å². The molecule has 0 heterocycles. The number of rotatable bonds is 4. The van der Waals surface area contributed by atoms with Crippen molar-refractivity contribution in [1.82, 2.24) is 0 Å². The molecule has 3 heteroatoms. The van der Waals surface area contributed by atoms with Crippen LogP contribution in [0.5, 0.6) is 5.75 Å². The molecule has 0 aromatic heterocycles. The van der Waals surface area contributed by atoms with Gasteiger partial charge in [0.15, 0.2) is 11.6 Å². The van der Waals surface area contributed by atoms with E-state index < -0.39 is 0 Å². The van der Waals surface area contributed by atoms with Crippen LogP contribution in [0, 0.1) is 5.82 Å². The van der Waals surface area contributed by atoms with Gasteiger partial charge in [0.1, 0.15) is 0 Å². The van der Waals surface area contributed by atoms with Gasteiger partial charge in [-0.2, -0.15) is 0 Å². The molecule has 0 radical (unpaired) electrons. The molecule has 1 rings (SSSR count). The minimum atomic E-state index is -0.372. The molecule has 1 aromatic rings. The molecule has 0 fully saturated rings. The molecule has 2 N–H and O–H groups in total. The molecule has 0 aliphatic carbocycles. The quantitative estimate of drug-likeness (QED) is 0.774. The summed E-state index contributed by atoms with van der Waals surface area (Å²) in [6.07, 6.45) is 0.689. The van der Waals surface area contributed by atoms with Gasteiger partial charge >= 0.3 is 0 Å². The number of hydrogen-bond acceptors (Lipinski definition) is 2. The van der Waals surface area contributed by atoms with Gasteiger partial charge in [0.05, 0.1) is 7.11 Å². The highest BCUT2D eigenvalue weighted by molar-refractivity contribution is 5.32. The fourth-order valence-electron chi connectivity index (χ4n) is 1.40. The van der Waals surface area contributed by atoms with E-state index in [4.69, 9.17) is 10.5 Å². The second-order valence-corrected chi connectivity index (χ2v) is 3.66. The van der Waals surface area contributed by atoms with E-state index in [0.717, 1.165) is 11.1 Å². The Morgan fingerprint density at radius 3 is 2.80 bits per heavy atom. The highest BCUT2D eigenvalue weighted by atomic mass is 19.1. The Labute approximate surface area is 89.6 Å². The van der Waals surface area contributed by atoms with Gasteiger partial charge in [-0.3, -0.25) is 0 Å². The normalized spacial score (nSPS) is 12.3. The number of hydrogen-bond donors (Lipinski definition) is 1. The first-order valence-electron chi connectivity index (χ1n) is 4.78. The summed E-state index contributed by atoms with van der Waals surface area (Å²) in [5, 5.41) is 0.